The van der Waals surface area contributed by atoms with Crippen LogP contribution in [-0.2, 0) is 0 Å². The molecule has 0 spiro atoms. The van der Waals surface area contributed by atoms with Gasteiger partial charge < -0.3 is 14.6 Å². The third-order valence-electron chi connectivity index (χ3n) is 5.29. The first-order valence-corrected chi connectivity index (χ1v) is 10.1. The molecule has 2 aromatic carbocycles. The Morgan fingerprint density at radius 2 is 1.96 bits per heavy atom. The van der Waals surface area contributed by atoms with Crippen molar-refractivity contribution >= 4 is 33.5 Å². The van der Waals surface area contributed by atoms with E-state index in [0.717, 1.165) is 58.8 Å². The molecule has 2 N–H and O–H groups in total. The highest BCUT2D eigenvalue weighted by Crippen LogP contribution is 2.29. The Kier molecular flexibility index (Phi) is 4.66. The molecule has 1 aliphatic rings. The molecule has 5 rings (SSSR count). The number of benzene rings is 2. The van der Waals surface area contributed by atoms with Crippen LogP contribution in [0.3, 0.4) is 0 Å². The van der Waals surface area contributed by atoms with Crippen LogP contribution >= 0.6 is 11.6 Å². The number of imidazole rings is 1. The lowest BCUT2D eigenvalue weighted by atomic mass is 10.2. The molecule has 2 aromatic heterocycles. The molecule has 1 saturated heterocycles. The van der Waals surface area contributed by atoms with Gasteiger partial charge in [0, 0.05) is 23.0 Å². The minimum Gasteiger partial charge on any atom is -0.493 e. The van der Waals surface area contributed by atoms with Crippen molar-refractivity contribution in [1.82, 2.24) is 25.1 Å². The van der Waals surface area contributed by atoms with Gasteiger partial charge in [-0.1, -0.05) is 11.6 Å². The fourth-order valence-electron chi connectivity index (χ4n) is 3.84. The number of nitrogens with zero attached hydrogens (tertiary/aromatic N) is 3. The van der Waals surface area contributed by atoms with Crippen molar-refractivity contribution in [3.63, 3.8) is 0 Å². The smallest absolute Gasteiger partial charge is 0.159 e. The van der Waals surface area contributed by atoms with Crippen molar-refractivity contribution < 1.29 is 4.74 Å². The molecule has 1 aliphatic heterocycles. The van der Waals surface area contributed by atoms with Crippen molar-refractivity contribution in [2.24, 2.45) is 0 Å². The molecular formula is C21H22ClN5O. The number of halogens is 1. The number of hydrogen-bond donors (Lipinski definition) is 2. The maximum atomic E-state index is 6.14. The predicted octanol–water partition coefficient (Wildman–Crippen LogP) is 4.62. The largest absolute Gasteiger partial charge is 0.493 e. The molecule has 3 heterocycles. The molecule has 28 heavy (non-hydrogen) atoms. The van der Waals surface area contributed by atoms with E-state index in [1.807, 2.05) is 36.4 Å². The molecule has 144 valence electrons. The predicted molar refractivity (Wildman–Crippen MR) is 112 cm³/mol. The number of aromatic nitrogens is 4. The van der Waals surface area contributed by atoms with E-state index in [9.17, 15) is 0 Å². The van der Waals surface area contributed by atoms with Crippen molar-refractivity contribution in [2.75, 3.05) is 26.2 Å². The van der Waals surface area contributed by atoms with E-state index in [1.54, 1.807) is 0 Å². The van der Waals surface area contributed by atoms with Crippen molar-refractivity contribution in [1.29, 1.82) is 0 Å². The average molecular weight is 396 g/mol. The van der Waals surface area contributed by atoms with Gasteiger partial charge >= 0.3 is 0 Å². The van der Waals surface area contributed by atoms with Crippen LogP contribution in [0.4, 0.5) is 0 Å². The SMILES string of the molecule is Clc1ccc2[nH]nc(-c3nc4ccc(OCCCN5CCCC5)cc4[nH]3)c2c1. The molecule has 0 amide bonds. The van der Waals surface area contributed by atoms with Crippen molar-refractivity contribution in [2.45, 2.75) is 19.3 Å². The molecule has 0 radical (unpaired) electrons. The number of likely N-dealkylation sites (tertiary alicyclic amines) is 1. The lowest BCUT2D eigenvalue weighted by molar-refractivity contribution is 0.263. The molecule has 7 heteroatoms. The van der Waals surface area contributed by atoms with E-state index in [0.29, 0.717) is 5.02 Å². The highest BCUT2D eigenvalue weighted by Gasteiger charge is 2.14. The van der Waals surface area contributed by atoms with Gasteiger partial charge in [-0.15, -0.1) is 0 Å². The van der Waals surface area contributed by atoms with Crippen LogP contribution < -0.4 is 4.74 Å². The highest BCUT2D eigenvalue weighted by molar-refractivity contribution is 6.31. The Bertz CT molecular complexity index is 1110. The summed E-state index contributed by atoms with van der Waals surface area (Å²) in [6.07, 6.45) is 3.71. The third kappa shape index (κ3) is 3.45. The molecule has 0 atom stereocenters. The normalized spacial score (nSPS) is 15.0. The fraction of sp³-hybridized carbons (Fsp3) is 0.333. The molecule has 0 bridgehead atoms. The number of fused-ring (bicyclic) bond motifs is 2. The standard InChI is InChI=1S/C21H22ClN5O/c22-14-4-6-17-16(12-14)20(26-25-17)21-23-18-7-5-15(13-19(18)24-21)28-11-3-10-27-8-1-2-9-27/h4-7,12-13H,1-3,8-11H2,(H,23,24)(H,25,26). The molecule has 0 saturated carbocycles. The molecule has 0 unspecified atom stereocenters. The second-order valence-electron chi connectivity index (χ2n) is 7.28. The summed E-state index contributed by atoms with van der Waals surface area (Å²) in [5.74, 6) is 1.58. The van der Waals surface area contributed by atoms with Crippen LogP contribution in [0.25, 0.3) is 33.5 Å². The van der Waals surface area contributed by atoms with Gasteiger partial charge in [0.15, 0.2) is 5.82 Å². The van der Waals surface area contributed by atoms with Crippen LogP contribution in [0.5, 0.6) is 5.75 Å². The molecule has 6 nitrogen and oxygen atoms in total. The van der Waals surface area contributed by atoms with Crippen LogP contribution in [0.1, 0.15) is 19.3 Å². The zero-order chi connectivity index (χ0) is 18.9. The van der Waals surface area contributed by atoms with Gasteiger partial charge in [-0.3, -0.25) is 5.10 Å². The Hall–Kier alpha value is -2.57. The Balaban J connectivity index is 1.32. The van der Waals surface area contributed by atoms with E-state index in [2.05, 4.69) is 25.1 Å². The van der Waals surface area contributed by atoms with E-state index in [1.165, 1.54) is 25.9 Å². The van der Waals surface area contributed by atoms with Gasteiger partial charge in [-0.05, 0) is 62.7 Å². The van der Waals surface area contributed by atoms with E-state index in [4.69, 9.17) is 16.3 Å². The van der Waals surface area contributed by atoms with Crippen molar-refractivity contribution in [3.8, 4) is 17.3 Å². The van der Waals surface area contributed by atoms with E-state index in [-0.39, 0.29) is 0 Å². The average Bonchev–Trinajstić information content (AvgIpc) is 3.43. The van der Waals surface area contributed by atoms with E-state index >= 15 is 0 Å². The second kappa shape index (κ2) is 7.45. The number of H-pyrrole nitrogens is 2. The minimum absolute atomic E-state index is 0.677. The van der Waals surface area contributed by atoms with Crippen LogP contribution in [0, 0.1) is 0 Å². The first-order valence-electron chi connectivity index (χ1n) is 9.75. The van der Waals surface area contributed by atoms with E-state index < -0.39 is 0 Å². The lowest BCUT2D eigenvalue weighted by Crippen LogP contribution is -2.21. The summed E-state index contributed by atoms with van der Waals surface area (Å²) in [7, 11) is 0. The fourth-order valence-corrected chi connectivity index (χ4v) is 4.01. The number of ether oxygens (including phenoxy) is 1. The monoisotopic (exact) mass is 395 g/mol. The number of aromatic amines is 2. The number of hydrogen-bond acceptors (Lipinski definition) is 4. The summed E-state index contributed by atoms with van der Waals surface area (Å²) in [5.41, 5.74) is 3.52. The number of rotatable bonds is 6. The van der Waals surface area contributed by atoms with Crippen LogP contribution in [0.2, 0.25) is 5.02 Å². The summed E-state index contributed by atoms with van der Waals surface area (Å²) < 4.78 is 5.95. The first-order chi connectivity index (χ1) is 13.8. The topological polar surface area (TPSA) is 69.8 Å². The first kappa shape index (κ1) is 17.5. The molecule has 1 fully saturated rings. The Morgan fingerprint density at radius 1 is 1.07 bits per heavy atom. The molecule has 4 aromatic rings. The minimum atomic E-state index is 0.677. The highest BCUT2D eigenvalue weighted by atomic mass is 35.5. The maximum absolute atomic E-state index is 6.14. The second-order valence-corrected chi connectivity index (χ2v) is 7.71. The number of nitrogens with one attached hydrogen (secondary N) is 2. The maximum Gasteiger partial charge on any atom is 0.159 e. The van der Waals surface area contributed by atoms with Gasteiger partial charge in [-0.2, -0.15) is 5.10 Å². The summed E-state index contributed by atoms with van der Waals surface area (Å²) in [5, 5.41) is 9.06. The van der Waals surface area contributed by atoms with Gasteiger partial charge in [-0.25, -0.2) is 4.98 Å². The summed E-state index contributed by atoms with van der Waals surface area (Å²) >= 11 is 6.14. The summed E-state index contributed by atoms with van der Waals surface area (Å²) in [6.45, 7) is 4.31. The third-order valence-corrected chi connectivity index (χ3v) is 5.52. The van der Waals surface area contributed by atoms with Gasteiger partial charge in [0.2, 0.25) is 0 Å². The molecular weight excluding hydrogens is 374 g/mol. The van der Waals surface area contributed by atoms with Crippen LogP contribution in [0.15, 0.2) is 36.4 Å². The summed E-state index contributed by atoms with van der Waals surface area (Å²) in [4.78, 5) is 10.5. The van der Waals surface area contributed by atoms with Gasteiger partial charge in [0.1, 0.15) is 11.4 Å². The van der Waals surface area contributed by atoms with Gasteiger partial charge in [0.25, 0.3) is 0 Å². The Labute approximate surface area is 167 Å². The quantitative estimate of drug-likeness (QED) is 0.467. The molecule has 0 aliphatic carbocycles. The zero-order valence-electron chi connectivity index (χ0n) is 15.5. The van der Waals surface area contributed by atoms with Crippen LogP contribution in [-0.4, -0.2) is 51.3 Å². The Morgan fingerprint density at radius 3 is 2.86 bits per heavy atom. The van der Waals surface area contributed by atoms with Gasteiger partial charge in [0.05, 0.1) is 23.2 Å². The zero-order valence-corrected chi connectivity index (χ0v) is 16.3. The lowest BCUT2D eigenvalue weighted by Gasteiger charge is -2.14. The van der Waals surface area contributed by atoms with Crippen molar-refractivity contribution in [3.05, 3.63) is 41.4 Å². The summed E-state index contributed by atoms with van der Waals surface area (Å²) in [6, 6.07) is 11.6.